The van der Waals surface area contributed by atoms with Crippen LogP contribution in [0, 0.1) is 5.82 Å². The maximum atomic E-state index is 13.4. The van der Waals surface area contributed by atoms with Crippen molar-refractivity contribution in [1.29, 1.82) is 0 Å². The molecule has 28 heavy (non-hydrogen) atoms. The number of hydrogen-bond acceptors (Lipinski definition) is 4. The van der Waals surface area contributed by atoms with E-state index < -0.39 is 0 Å². The summed E-state index contributed by atoms with van der Waals surface area (Å²) < 4.78 is 24.2. The molecule has 0 saturated carbocycles. The molecule has 2 aromatic rings. The van der Waals surface area contributed by atoms with Crippen molar-refractivity contribution in [3.8, 4) is 5.75 Å². The van der Waals surface area contributed by atoms with Crippen molar-refractivity contribution in [1.82, 2.24) is 5.32 Å². The summed E-state index contributed by atoms with van der Waals surface area (Å²) in [6.45, 7) is 3.52. The number of methoxy groups -OCH3 is 1. The van der Waals surface area contributed by atoms with Gasteiger partial charge in [-0.1, -0.05) is 12.1 Å². The summed E-state index contributed by atoms with van der Waals surface area (Å²) in [5.41, 5.74) is 1.51. The second-order valence-electron chi connectivity index (χ2n) is 6.65. The van der Waals surface area contributed by atoms with Gasteiger partial charge in [-0.25, -0.2) is 4.39 Å². The molecule has 7 heteroatoms. The van der Waals surface area contributed by atoms with Crippen LogP contribution in [0.25, 0.3) is 0 Å². The highest BCUT2D eigenvalue weighted by molar-refractivity contribution is 7.98. The number of halogens is 1. The molecule has 2 N–H and O–H groups in total. The Kier molecular flexibility index (Phi) is 7.30. The zero-order valence-electron chi connectivity index (χ0n) is 16.2. The molecule has 0 unspecified atom stereocenters. The minimum absolute atomic E-state index is 0.0323. The molecule has 1 aliphatic rings. The van der Waals surface area contributed by atoms with E-state index in [9.17, 15) is 9.18 Å². The Labute approximate surface area is 169 Å². The van der Waals surface area contributed by atoms with Crippen molar-refractivity contribution in [3.63, 3.8) is 0 Å². The van der Waals surface area contributed by atoms with Crippen LogP contribution in [0.4, 0.5) is 4.39 Å². The molecule has 1 atom stereocenters. The number of quaternary nitrogens is 1. The number of thioether (sulfide) groups is 1. The summed E-state index contributed by atoms with van der Waals surface area (Å²) in [6.07, 6.45) is 1.98. The molecule has 0 aliphatic carbocycles. The molecule has 1 saturated heterocycles. The summed E-state index contributed by atoms with van der Waals surface area (Å²) in [7, 11) is 1.56. The van der Waals surface area contributed by atoms with Gasteiger partial charge in [0.05, 0.1) is 32.4 Å². The average molecular weight is 406 g/mol. The summed E-state index contributed by atoms with van der Waals surface area (Å²) >= 11 is 1.60. The fourth-order valence-electron chi connectivity index (χ4n) is 3.45. The summed E-state index contributed by atoms with van der Waals surface area (Å²) in [5.74, 6) is 0.118. The number of ether oxygens (including phenoxy) is 2. The highest BCUT2D eigenvalue weighted by Gasteiger charge is 2.27. The number of carbonyl (C=O) groups is 1. The van der Waals surface area contributed by atoms with Crippen molar-refractivity contribution < 1.29 is 23.6 Å². The molecule has 0 aromatic heterocycles. The number of amides is 1. The van der Waals surface area contributed by atoms with Gasteiger partial charge >= 0.3 is 0 Å². The molecular weight excluding hydrogens is 379 g/mol. The summed E-state index contributed by atoms with van der Waals surface area (Å²) in [4.78, 5) is 15.2. The van der Waals surface area contributed by atoms with E-state index >= 15 is 0 Å². The van der Waals surface area contributed by atoms with Crippen LogP contribution in [0.15, 0.2) is 47.4 Å². The quantitative estimate of drug-likeness (QED) is 0.692. The van der Waals surface area contributed by atoms with E-state index in [0.717, 1.165) is 23.5 Å². The third-order valence-corrected chi connectivity index (χ3v) is 5.75. The van der Waals surface area contributed by atoms with E-state index in [4.69, 9.17) is 9.47 Å². The Morgan fingerprint density at radius 3 is 2.61 bits per heavy atom. The molecule has 0 spiro atoms. The lowest BCUT2D eigenvalue weighted by Gasteiger charge is -2.32. The number of benzene rings is 2. The van der Waals surface area contributed by atoms with Gasteiger partial charge in [-0.05, 0) is 36.6 Å². The Bertz CT molecular complexity index is 795. The van der Waals surface area contributed by atoms with Gasteiger partial charge in [0, 0.05) is 10.5 Å². The number of carbonyl (C=O) groups excluding carboxylic acids is 1. The van der Waals surface area contributed by atoms with E-state index in [0.29, 0.717) is 31.1 Å². The monoisotopic (exact) mass is 405 g/mol. The number of nitrogens with one attached hydrogen (secondary N) is 2. The third kappa shape index (κ3) is 5.04. The van der Waals surface area contributed by atoms with Crippen LogP contribution in [0.2, 0.25) is 0 Å². The van der Waals surface area contributed by atoms with Crippen LogP contribution >= 0.6 is 11.8 Å². The fraction of sp³-hybridized carbons (Fsp3) is 0.381. The molecular formula is C21H26FN2O3S+. The zero-order valence-corrected chi connectivity index (χ0v) is 17.0. The van der Waals surface area contributed by atoms with Gasteiger partial charge in [-0.2, -0.15) is 0 Å². The minimum Gasteiger partial charge on any atom is -0.496 e. The third-order valence-electron chi connectivity index (χ3n) is 5.02. The molecule has 0 bridgehead atoms. The smallest absolute Gasteiger partial charge is 0.255 e. The largest absolute Gasteiger partial charge is 0.496 e. The minimum atomic E-state index is -0.262. The SMILES string of the molecule is COc1cc(SC)ccc1C(=O)NC[C@H](c1ccc(F)cc1)[NH+]1CCOCC1. The van der Waals surface area contributed by atoms with Crippen LogP contribution in [0.1, 0.15) is 22.0 Å². The van der Waals surface area contributed by atoms with Crippen LogP contribution in [-0.4, -0.2) is 52.1 Å². The highest BCUT2D eigenvalue weighted by Crippen LogP contribution is 2.25. The van der Waals surface area contributed by atoms with E-state index in [1.165, 1.54) is 17.0 Å². The van der Waals surface area contributed by atoms with E-state index in [2.05, 4.69) is 5.32 Å². The molecule has 0 radical (unpaired) electrons. The predicted molar refractivity (Wildman–Crippen MR) is 108 cm³/mol. The van der Waals surface area contributed by atoms with Crippen LogP contribution in [-0.2, 0) is 4.74 Å². The maximum Gasteiger partial charge on any atom is 0.255 e. The molecule has 1 fully saturated rings. The molecule has 2 aromatic carbocycles. The van der Waals surface area contributed by atoms with E-state index in [-0.39, 0.29) is 17.8 Å². The Balaban J connectivity index is 1.75. The highest BCUT2D eigenvalue weighted by atomic mass is 32.2. The topological polar surface area (TPSA) is 52.0 Å². The fourth-order valence-corrected chi connectivity index (χ4v) is 3.88. The second kappa shape index (κ2) is 9.91. The number of hydrogen-bond donors (Lipinski definition) is 2. The second-order valence-corrected chi connectivity index (χ2v) is 7.53. The van der Waals surface area contributed by atoms with Crippen molar-refractivity contribution in [2.24, 2.45) is 0 Å². The van der Waals surface area contributed by atoms with Gasteiger partial charge in [-0.3, -0.25) is 4.79 Å². The molecule has 150 valence electrons. The molecule has 3 rings (SSSR count). The van der Waals surface area contributed by atoms with Crippen molar-refractivity contribution in [2.75, 3.05) is 46.2 Å². The average Bonchev–Trinajstić information content (AvgIpc) is 2.75. The van der Waals surface area contributed by atoms with Gasteiger partial charge < -0.3 is 19.7 Å². The summed E-state index contributed by atoms with van der Waals surface area (Å²) in [5, 5.41) is 3.04. The van der Waals surface area contributed by atoms with Gasteiger partial charge in [0.25, 0.3) is 5.91 Å². The van der Waals surface area contributed by atoms with Crippen LogP contribution in [0.3, 0.4) is 0 Å². The van der Waals surface area contributed by atoms with Crippen molar-refractivity contribution in [2.45, 2.75) is 10.9 Å². The van der Waals surface area contributed by atoms with Gasteiger partial charge in [-0.15, -0.1) is 11.8 Å². The predicted octanol–water partition coefficient (Wildman–Crippen LogP) is 1.94. The molecule has 1 heterocycles. The first-order valence-corrected chi connectivity index (χ1v) is 10.5. The van der Waals surface area contributed by atoms with Gasteiger partial charge in [0.2, 0.25) is 0 Å². The van der Waals surface area contributed by atoms with E-state index in [1.54, 1.807) is 37.1 Å². The van der Waals surface area contributed by atoms with Crippen molar-refractivity contribution >= 4 is 17.7 Å². The molecule has 5 nitrogen and oxygen atoms in total. The first-order chi connectivity index (χ1) is 13.6. The van der Waals surface area contributed by atoms with Gasteiger partial charge in [0.15, 0.2) is 0 Å². The first kappa shape index (κ1) is 20.6. The lowest BCUT2D eigenvalue weighted by molar-refractivity contribution is -0.937. The number of rotatable bonds is 7. The lowest BCUT2D eigenvalue weighted by atomic mass is 10.0. The Morgan fingerprint density at radius 2 is 1.96 bits per heavy atom. The first-order valence-electron chi connectivity index (χ1n) is 9.30. The van der Waals surface area contributed by atoms with Crippen LogP contribution < -0.4 is 15.0 Å². The normalized spacial score (nSPS) is 15.8. The van der Waals surface area contributed by atoms with E-state index in [1.807, 2.05) is 18.4 Å². The standard InChI is InChI=1S/C21H25FN2O3S/c1-26-20-13-17(28-2)7-8-18(20)21(25)23-14-19(24-9-11-27-12-10-24)15-3-5-16(22)6-4-15/h3-8,13,19H,9-12,14H2,1-2H3,(H,23,25)/p+1/t19-/m1/s1. The molecule has 1 amide bonds. The van der Waals surface area contributed by atoms with Crippen LogP contribution in [0.5, 0.6) is 5.75 Å². The number of morpholine rings is 1. The summed E-state index contributed by atoms with van der Waals surface area (Å²) in [6, 6.07) is 12.1. The Hall–Kier alpha value is -2.09. The lowest BCUT2D eigenvalue weighted by Crippen LogP contribution is -3.15. The molecule has 1 aliphatic heterocycles. The van der Waals surface area contributed by atoms with Gasteiger partial charge in [0.1, 0.15) is 30.7 Å². The zero-order chi connectivity index (χ0) is 19.9. The maximum absolute atomic E-state index is 13.4. The Morgan fingerprint density at radius 1 is 1.25 bits per heavy atom. The van der Waals surface area contributed by atoms with Crippen molar-refractivity contribution in [3.05, 3.63) is 59.4 Å².